The molecule has 0 aliphatic heterocycles. The monoisotopic (exact) mass is 498 g/mol. The van der Waals surface area contributed by atoms with Crippen molar-refractivity contribution in [2.45, 2.75) is 38.6 Å². The average Bonchev–Trinajstić information content (AvgIpc) is 3.34. The summed E-state index contributed by atoms with van der Waals surface area (Å²) in [6.07, 6.45) is 3.53. The molecule has 10 heteroatoms. The molecular weight excluding hydrogens is 475 g/mol. The number of carbonyl (C=O) groups excluding carboxylic acids is 3. The van der Waals surface area contributed by atoms with E-state index in [1.807, 2.05) is 0 Å². The van der Waals surface area contributed by atoms with Gasteiger partial charge in [-0.1, -0.05) is 29.8 Å². The number of amides is 2. The molecule has 1 aliphatic carbocycles. The third kappa shape index (κ3) is 5.86. The highest BCUT2D eigenvalue weighted by atomic mass is 35.5. The van der Waals surface area contributed by atoms with E-state index in [0.29, 0.717) is 42.7 Å². The van der Waals surface area contributed by atoms with Crippen LogP contribution in [-0.4, -0.2) is 33.8 Å². The van der Waals surface area contributed by atoms with E-state index in [1.165, 1.54) is 18.5 Å². The highest BCUT2D eigenvalue weighted by Crippen LogP contribution is 2.29. The number of carbonyl (C=O) groups is 3. The van der Waals surface area contributed by atoms with Gasteiger partial charge in [0.2, 0.25) is 5.91 Å². The number of hydrogen-bond donors (Lipinski definition) is 3. The number of hydrogen-bond acceptors (Lipinski definition) is 5. The van der Waals surface area contributed by atoms with Gasteiger partial charge in [-0.3, -0.25) is 9.59 Å². The number of benzene rings is 2. The van der Waals surface area contributed by atoms with Crippen molar-refractivity contribution in [2.75, 3.05) is 5.32 Å². The van der Waals surface area contributed by atoms with Crippen molar-refractivity contribution in [1.29, 1.82) is 0 Å². The number of para-hydroxylation sites is 1. The molecule has 4 rings (SSSR count). The first-order chi connectivity index (χ1) is 16.8. The van der Waals surface area contributed by atoms with Crippen molar-refractivity contribution in [3.05, 3.63) is 76.6 Å². The highest BCUT2D eigenvalue weighted by molar-refractivity contribution is 6.33. The largest absolute Gasteiger partial charge is 0.422 e. The van der Waals surface area contributed by atoms with E-state index >= 15 is 0 Å². The van der Waals surface area contributed by atoms with E-state index in [-0.39, 0.29) is 34.3 Å². The predicted molar refractivity (Wildman–Crippen MR) is 128 cm³/mol. The number of aromatic nitrogens is 2. The lowest BCUT2D eigenvalue weighted by molar-refractivity contribution is -0.120. The van der Waals surface area contributed by atoms with Gasteiger partial charge in [-0.15, -0.1) is 0 Å². The molecule has 2 aromatic carbocycles. The molecule has 3 aromatic rings. The first-order valence-electron chi connectivity index (χ1n) is 11.2. The normalized spacial score (nSPS) is 17.5. The zero-order valence-corrected chi connectivity index (χ0v) is 19.7. The Kier molecular flexibility index (Phi) is 7.45. The SMILES string of the molecule is Cc1cc(NC(=O)C2CCC(NC(=O)c3nc[nH]c3C(=O)Oc3ccccc3)CC2)c(Cl)cc1F. The third-order valence-corrected chi connectivity index (χ3v) is 6.26. The second-order valence-electron chi connectivity index (χ2n) is 8.42. The van der Waals surface area contributed by atoms with Gasteiger partial charge in [0.1, 0.15) is 11.6 Å². The number of nitrogens with one attached hydrogen (secondary N) is 3. The van der Waals surface area contributed by atoms with Crippen LogP contribution in [0, 0.1) is 18.7 Å². The van der Waals surface area contributed by atoms with Gasteiger partial charge >= 0.3 is 5.97 Å². The lowest BCUT2D eigenvalue weighted by atomic mass is 9.85. The van der Waals surface area contributed by atoms with Crippen LogP contribution in [0.2, 0.25) is 5.02 Å². The maximum atomic E-state index is 13.6. The minimum atomic E-state index is -0.714. The van der Waals surface area contributed by atoms with Crippen molar-refractivity contribution < 1.29 is 23.5 Å². The first-order valence-corrected chi connectivity index (χ1v) is 11.6. The van der Waals surface area contributed by atoms with Crippen LogP contribution in [0.5, 0.6) is 5.75 Å². The summed E-state index contributed by atoms with van der Waals surface area (Å²) >= 11 is 6.05. The summed E-state index contributed by atoms with van der Waals surface area (Å²) in [6, 6.07) is 11.0. The van der Waals surface area contributed by atoms with Gasteiger partial charge in [0.15, 0.2) is 11.4 Å². The third-order valence-electron chi connectivity index (χ3n) is 5.95. The molecule has 1 aromatic heterocycles. The zero-order valence-electron chi connectivity index (χ0n) is 18.9. The van der Waals surface area contributed by atoms with Crippen molar-refractivity contribution in [3.63, 3.8) is 0 Å². The van der Waals surface area contributed by atoms with Gasteiger partial charge < -0.3 is 20.4 Å². The molecule has 1 aliphatic rings. The predicted octanol–water partition coefficient (Wildman–Crippen LogP) is 4.66. The van der Waals surface area contributed by atoms with Gasteiger partial charge in [-0.05, 0) is 62.4 Å². The summed E-state index contributed by atoms with van der Waals surface area (Å²) in [7, 11) is 0. The Morgan fingerprint density at radius 2 is 1.83 bits per heavy atom. The topological polar surface area (TPSA) is 113 Å². The summed E-state index contributed by atoms with van der Waals surface area (Å²) in [5, 5.41) is 5.81. The number of anilines is 1. The lowest BCUT2D eigenvalue weighted by Gasteiger charge is -2.28. The van der Waals surface area contributed by atoms with Crippen molar-refractivity contribution in [1.82, 2.24) is 15.3 Å². The van der Waals surface area contributed by atoms with Gasteiger partial charge in [0, 0.05) is 12.0 Å². The summed E-state index contributed by atoms with van der Waals surface area (Å²) in [5.41, 5.74) is 0.680. The van der Waals surface area contributed by atoms with Crippen LogP contribution in [0.3, 0.4) is 0 Å². The van der Waals surface area contributed by atoms with Crippen LogP contribution >= 0.6 is 11.6 Å². The number of esters is 1. The van der Waals surface area contributed by atoms with Gasteiger partial charge in [0.25, 0.3) is 5.91 Å². The molecule has 8 nitrogen and oxygen atoms in total. The second-order valence-corrected chi connectivity index (χ2v) is 8.83. The summed E-state index contributed by atoms with van der Waals surface area (Å²) in [4.78, 5) is 44.6. The van der Waals surface area contributed by atoms with Crippen LogP contribution in [0.4, 0.5) is 10.1 Å². The Balaban J connectivity index is 1.31. The fourth-order valence-corrected chi connectivity index (χ4v) is 4.21. The van der Waals surface area contributed by atoms with Crippen molar-refractivity contribution in [2.24, 2.45) is 5.92 Å². The highest BCUT2D eigenvalue weighted by Gasteiger charge is 2.29. The molecule has 0 unspecified atom stereocenters. The van der Waals surface area contributed by atoms with Crippen LogP contribution in [-0.2, 0) is 4.79 Å². The Morgan fingerprint density at radius 1 is 1.11 bits per heavy atom. The second kappa shape index (κ2) is 10.7. The van der Waals surface area contributed by atoms with Crippen molar-refractivity contribution in [3.8, 4) is 5.75 Å². The summed E-state index contributed by atoms with van der Waals surface area (Å²) in [6.45, 7) is 1.60. The van der Waals surface area contributed by atoms with E-state index in [9.17, 15) is 18.8 Å². The molecule has 0 bridgehead atoms. The molecule has 182 valence electrons. The van der Waals surface area contributed by atoms with E-state index < -0.39 is 17.7 Å². The smallest absolute Gasteiger partial charge is 0.362 e. The number of halogens is 2. The molecule has 0 atom stereocenters. The molecule has 0 spiro atoms. The number of imidazole rings is 1. The van der Waals surface area contributed by atoms with Gasteiger partial charge in [-0.25, -0.2) is 14.2 Å². The minimum absolute atomic E-state index is 0.0362. The summed E-state index contributed by atoms with van der Waals surface area (Å²) in [5.74, 6) is -1.74. The average molecular weight is 499 g/mol. The Bertz CT molecular complexity index is 1240. The lowest BCUT2D eigenvalue weighted by Crippen LogP contribution is -2.40. The van der Waals surface area contributed by atoms with E-state index in [2.05, 4.69) is 20.6 Å². The van der Waals surface area contributed by atoms with Crippen molar-refractivity contribution >= 4 is 35.1 Å². The number of nitrogens with zero attached hydrogens (tertiary/aromatic N) is 1. The van der Waals surface area contributed by atoms with Gasteiger partial charge in [0.05, 0.1) is 17.0 Å². The fourth-order valence-electron chi connectivity index (χ4n) is 4.01. The Hall–Kier alpha value is -3.72. The van der Waals surface area contributed by atoms with Crippen LogP contribution < -0.4 is 15.4 Å². The first kappa shape index (κ1) is 24.4. The summed E-state index contributed by atoms with van der Waals surface area (Å²) < 4.78 is 18.9. The molecule has 1 saturated carbocycles. The number of H-pyrrole nitrogens is 1. The molecule has 1 fully saturated rings. The molecule has 35 heavy (non-hydrogen) atoms. The zero-order chi connectivity index (χ0) is 24.9. The molecule has 0 saturated heterocycles. The van der Waals surface area contributed by atoms with E-state index in [1.54, 1.807) is 37.3 Å². The van der Waals surface area contributed by atoms with E-state index in [0.717, 1.165) is 0 Å². The standard InChI is InChI=1S/C25H24ClFN4O4/c1-14-11-20(18(26)12-19(14)27)31-23(32)15-7-9-16(10-8-15)30-24(33)21-22(29-13-28-21)25(34)35-17-5-3-2-4-6-17/h2-6,11-13,15-16H,7-10H2,1H3,(H,28,29)(H,30,33)(H,31,32). The van der Waals surface area contributed by atoms with Crippen LogP contribution in [0.1, 0.15) is 52.2 Å². The number of rotatable bonds is 6. The number of aryl methyl sites for hydroxylation is 1. The molecule has 2 amide bonds. The maximum absolute atomic E-state index is 13.6. The molecular formula is C25H24ClFN4O4. The Labute approximate surface area is 206 Å². The molecule has 3 N–H and O–H groups in total. The van der Waals surface area contributed by atoms with Gasteiger partial charge in [-0.2, -0.15) is 0 Å². The number of aromatic amines is 1. The maximum Gasteiger partial charge on any atom is 0.362 e. The Morgan fingerprint density at radius 3 is 2.54 bits per heavy atom. The quantitative estimate of drug-likeness (QED) is 0.338. The number of ether oxygens (including phenoxy) is 1. The van der Waals surface area contributed by atoms with Crippen LogP contribution in [0.15, 0.2) is 48.8 Å². The minimum Gasteiger partial charge on any atom is -0.422 e. The fraction of sp³-hybridized carbons (Fsp3) is 0.280. The van der Waals surface area contributed by atoms with Crippen LogP contribution in [0.25, 0.3) is 0 Å². The molecule has 0 radical (unpaired) electrons. The van der Waals surface area contributed by atoms with E-state index in [4.69, 9.17) is 16.3 Å². The molecule has 1 heterocycles.